The molecular weight excluding hydrogens is 370 g/mol. The van der Waals surface area contributed by atoms with Crippen LogP contribution in [0.2, 0.25) is 0 Å². The smallest absolute Gasteiger partial charge is 0.321 e. The molecule has 1 saturated heterocycles. The SMILES string of the molecule is O=C(COC(=O)[C@@H]1CC(=O)N(Cc2ccco2)C1)NC(=O)NCc1ccco1. The van der Waals surface area contributed by atoms with Crippen LogP contribution in [0.25, 0.3) is 0 Å². The zero-order valence-electron chi connectivity index (χ0n) is 14.9. The van der Waals surface area contributed by atoms with Gasteiger partial charge in [0.1, 0.15) is 11.5 Å². The van der Waals surface area contributed by atoms with Crippen molar-refractivity contribution < 1.29 is 32.7 Å². The molecule has 1 fully saturated rings. The van der Waals surface area contributed by atoms with Crippen molar-refractivity contribution in [2.24, 2.45) is 5.92 Å². The molecule has 0 saturated carbocycles. The third kappa shape index (κ3) is 5.22. The van der Waals surface area contributed by atoms with E-state index >= 15 is 0 Å². The number of carbonyl (C=O) groups excluding carboxylic acids is 4. The van der Waals surface area contributed by atoms with Crippen LogP contribution in [0.3, 0.4) is 0 Å². The zero-order valence-corrected chi connectivity index (χ0v) is 14.9. The highest BCUT2D eigenvalue weighted by Crippen LogP contribution is 2.21. The highest BCUT2D eigenvalue weighted by Gasteiger charge is 2.35. The van der Waals surface area contributed by atoms with Gasteiger partial charge in [0.2, 0.25) is 5.91 Å². The second-order valence-electron chi connectivity index (χ2n) is 6.17. The van der Waals surface area contributed by atoms with Crippen molar-refractivity contribution in [1.82, 2.24) is 15.5 Å². The number of imide groups is 1. The number of esters is 1. The average Bonchev–Trinajstić information content (AvgIpc) is 3.41. The van der Waals surface area contributed by atoms with Gasteiger partial charge >= 0.3 is 12.0 Å². The normalized spacial score (nSPS) is 16.1. The predicted octanol–water partition coefficient (Wildman–Crippen LogP) is 0.790. The van der Waals surface area contributed by atoms with Crippen molar-refractivity contribution in [1.29, 1.82) is 0 Å². The van der Waals surface area contributed by atoms with E-state index in [1.165, 1.54) is 17.4 Å². The number of nitrogens with zero attached hydrogens (tertiary/aromatic N) is 1. The van der Waals surface area contributed by atoms with Gasteiger partial charge in [0.15, 0.2) is 6.61 Å². The lowest BCUT2D eigenvalue weighted by atomic mass is 10.1. The van der Waals surface area contributed by atoms with Gasteiger partial charge in [-0.2, -0.15) is 0 Å². The van der Waals surface area contributed by atoms with Gasteiger partial charge in [-0.15, -0.1) is 0 Å². The van der Waals surface area contributed by atoms with E-state index in [0.29, 0.717) is 11.5 Å². The van der Waals surface area contributed by atoms with Gasteiger partial charge in [-0.3, -0.25) is 19.7 Å². The molecule has 3 rings (SSSR count). The predicted molar refractivity (Wildman–Crippen MR) is 92.3 cm³/mol. The molecule has 2 N–H and O–H groups in total. The number of urea groups is 1. The fourth-order valence-corrected chi connectivity index (χ4v) is 2.72. The second-order valence-corrected chi connectivity index (χ2v) is 6.17. The minimum Gasteiger partial charge on any atom is -0.467 e. The highest BCUT2D eigenvalue weighted by molar-refractivity contribution is 5.95. The minimum atomic E-state index is -0.776. The lowest BCUT2D eigenvalue weighted by Gasteiger charge is -2.14. The fourth-order valence-electron chi connectivity index (χ4n) is 2.72. The van der Waals surface area contributed by atoms with Crippen LogP contribution in [0, 0.1) is 5.92 Å². The Kier molecular flexibility index (Phi) is 6.10. The van der Waals surface area contributed by atoms with Gasteiger partial charge in [-0.25, -0.2) is 4.79 Å². The Bertz CT molecular complexity index is 830. The van der Waals surface area contributed by atoms with Crippen LogP contribution in [-0.2, 0) is 32.2 Å². The maximum atomic E-state index is 12.1. The molecule has 4 amide bonds. The number of furan rings is 2. The summed E-state index contributed by atoms with van der Waals surface area (Å²) in [7, 11) is 0. The van der Waals surface area contributed by atoms with Gasteiger partial charge < -0.3 is 23.8 Å². The average molecular weight is 389 g/mol. The summed E-state index contributed by atoms with van der Waals surface area (Å²) in [6, 6.07) is 6.05. The fraction of sp³-hybridized carbons (Fsp3) is 0.333. The van der Waals surface area contributed by atoms with Crippen molar-refractivity contribution in [3.8, 4) is 0 Å². The van der Waals surface area contributed by atoms with Crippen LogP contribution in [0.15, 0.2) is 45.6 Å². The molecule has 0 spiro atoms. The number of hydrogen-bond acceptors (Lipinski definition) is 7. The van der Waals surface area contributed by atoms with Crippen molar-refractivity contribution >= 4 is 23.8 Å². The van der Waals surface area contributed by atoms with E-state index in [1.54, 1.807) is 24.3 Å². The molecular formula is C18H19N3O7. The second kappa shape index (κ2) is 8.89. The molecule has 0 aliphatic carbocycles. The molecule has 1 aliphatic heterocycles. The van der Waals surface area contributed by atoms with Gasteiger partial charge in [0.05, 0.1) is 31.5 Å². The van der Waals surface area contributed by atoms with Gasteiger partial charge in [-0.1, -0.05) is 0 Å². The third-order valence-electron chi connectivity index (χ3n) is 4.08. The van der Waals surface area contributed by atoms with Crippen LogP contribution in [0.4, 0.5) is 4.79 Å². The summed E-state index contributed by atoms with van der Waals surface area (Å²) >= 11 is 0. The van der Waals surface area contributed by atoms with Gasteiger partial charge in [-0.05, 0) is 24.3 Å². The van der Waals surface area contributed by atoms with Crippen LogP contribution in [-0.4, -0.2) is 41.9 Å². The van der Waals surface area contributed by atoms with Crippen molar-refractivity contribution in [2.75, 3.05) is 13.2 Å². The molecule has 2 aromatic rings. The molecule has 3 heterocycles. The maximum absolute atomic E-state index is 12.1. The zero-order chi connectivity index (χ0) is 19.9. The minimum absolute atomic E-state index is 0.00476. The number of likely N-dealkylation sites (tertiary alicyclic amines) is 1. The maximum Gasteiger partial charge on any atom is 0.321 e. The highest BCUT2D eigenvalue weighted by atomic mass is 16.5. The lowest BCUT2D eigenvalue weighted by Crippen LogP contribution is -2.41. The summed E-state index contributed by atoms with van der Waals surface area (Å²) in [5, 5.41) is 4.46. The summed E-state index contributed by atoms with van der Waals surface area (Å²) in [4.78, 5) is 48.9. The number of ether oxygens (including phenoxy) is 1. The topological polar surface area (TPSA) is 131 Å². The first kappa shape index (κ1) is 19.2. The van der Waals surface area contributed by atoms with Gasteiger partial charge in [0, 0.05) is 13.0 Å². The standard InChI is InChI=1S/C18H19N3O7/c22-15(20-18(25)19-8-13-3-1-5-26-13)11-28-17(24)12-7-16(23)21(9-12)10-14-4-2-6-27-14/h1-6,12H,7-11H2,(H2,19,20,22,25)/t12-/m1/s1. The quantitative estimate of drug-likeness (QED) is 0.669. The molecule has 1 atom stereocenters. The van der Waals surface area contributed by atoms with Crippen molar-refractivity contribution in [3.63, 3.8) is 0 Å². The molecule has 10 nitrogen and oxygen atoms in total. The molecule has 10 heteroatoms. The molecule has 28 heavy (non-hydrogen) atoms. The number of nitrogens with one attached hydrogen (secondary N) is 2. The summed E-state index contributed by atoms with van der Waals surface area (Å²) in [5.74, 6) is -1.16. The van der Waals surface area contributed by atoms with E-state index in [-0.39, 0.29) is 32.0 Å². The first-order valence-electron chi connectivity index (χ1n) is 8.58. The molecule has 0 unspecified atom stereocenters. The number of hydrogen-bond donors (Lipinski definition) is 2. The molecule has 1 aliphatic rings. The lowest BCUT2D eigenvalue weighted by molar-refractivity contribution is -0.152. The third-order valence-corrected chi connectivity index (χ3v) is 4.08. The molecule has 0 bridgehead atoms. The Balaban J connectivity index is 1.37. The van der Waals surface area contributed by atoms with Crippen molar-refractivity contribution in [3.05, 3.63) is 48.3 Å². The molecule has 148 valence electrons. The van der Waals surface area contributed by atoms with Crippen LogP contribution in [0.5, 0.6) is 0 Å². The summed E-state index contributed by atoms with van der Waals surface area (Å²) in [5.41, 5.74) is 0. The van der Waals surface area contributed by atoms with E-state index in [1.807, 2.05) is 5.32 Å². The van der Waals surface area contributed by atoms with Crippen LogP contribution < -0.4 is 10.6 Å². The van der Waals surface area contributed by atoms with Crippen molar-refractivity contribution in [2.45, 2.75) is 19.5 Å². The Morgan fingerprint density at radius 1 is 1.14 bits per heavy atom. The first-order valence-corrected chi connectivity index (χ1v) is 8.58. The van der Waals surface area contributed by atoms with E-state index in [2.05, 4.69) is 5.32 Å². The number of amides is 4. The first-order chi connectivity index (χ1) is 13.5. The molecule has 0 radical (unpaired) electrons. The summed E-state index contributed by atoms with van der Waals surface area (Å²) < 4.78 is 15.2. The monoisotopic (exact) mass is 389 g/mol. The van der Waals surface area contributed by atoms with E-state index in [9.17, 15) is 19.2 Å². The Labute approximate surface area is 159 Å². The molecule has 0 aromatic carbocycles. The largest absolute Gasteiger partial charge is 0.467 e. The number of rotatable bonds is 7. The van der Waals surface area contributed by atoms with Crippen LogP contribution in [0.1, 0.15) is 17.9 Å². The Morgan fingerprint density at radius 2 is 1.86 bits per heavy atom. The Morgan fingerprint density at radius 3 is 2.54 bits per heavy atom. The van der Waals surface area contributed by atoms with Gasteiger partial charge in [0.25, 0.3) is 5.91 Å². The van der Waals surface area contributed by atoms with E-state index in [4.69, 9.17) is 13.6 Å². The van der Waals surface area contributed by atoms with E-state index in [0.717, 1.165) is 0 Å². The molecule has 2 aromatic heterocycles. The number of carbonyl (C=O) groups is 4. The summed E-state index contributed by atoms with van der Waals surface area (Å²) in [6.45, 7) is -0.0486. The van der Waals surface area contributed by atoms with Crippen LogP contribution >= 0.6 is 0 Å². The summed E-state index contributed by atoms with van der Waals surface area (Å²) in [6.07, 6.45) is 2.97. The van der Waals surface area contributed by atoms with E-state index < -0.39 is 30.4 Å². The Hall–Kier alpha value is -3.56.